The van der Waals surface area contributed by atoms with Crippen LogP contribution in [-0.2, 0) is 27.7 Å². The van der Waals surface area contributed by atoms with Gasteiger partial charge in [-0.2, -0.15) is 15.0 Å². The van der Waals surface area contributed by atoms with Crippen molar-refractivity contribution in [2.24, 2.45) is 20.0 Å². The van der Waals surface area contributed by atoms with Gasteiger partial charge >= 0.3 is 17.1 Å². The first kappa shape index (κ1) is 15.6. The predicted octanol–water partition coefficient (Wildman–Crippen LogP) is -2.62. The third-order valence-corrected chi connectivity index (χ3v) is 1.99. The molecule has 0 saturated heterocycles. The van der Waals surface area contributed by atoms with E-state index in [1.807, 2.05) is 0 Å². The van der Waals surface area contributed by atoms with Gasteiger partial charge in [0, 0.05) is 0 Å². The number of hydrogen-bond acceptors (Lipinski definition) is 10. The topological polar surface area (TPSA) is 158 Å². The highest BCUT2D eigenvalue weighted by Crippen LogP contribution is 1.78. The Morgan fingerprint density at radius 3 is 2.05 bits per heavy atom. The Kier molecular flexibility index (Phi) is 5.85. The van der Waals surface area contributed by atoms with Crippen molar-refractivity contribution >= 4 is 18.2 Å². The summed E-state index contributed by atoms with van der Waals surface area (Å²) in [5.74, 6) is -1.15. The highest BCUT2D eigenvalue weighted by molar-refractivity contribution is 5.33. The lowest BCUT2D eigenvalue weighted by Gasteiger charge is -2.03. The summed E-state index contributed by atoms with van der Waals surface area (Å²) in [5, 5.41) is 0. The molecule has 0 N–H and O–H groups in total. The second-order valence-corrected chi connectivity index (χ2v) is 3.12. The molecule has 0 radical (unpaired) electrons. The molecule has 0 fully saturated rings. The summed E-state index contributed by atoms with van der Waals surface area (Å²) in [6.07, 6.45) is 3.53. The van der Waals surface area contributed by atoms with Crippen molar-refractivity contribution in [1.29, 1.82) is 0 Å². The van der Waals surface area contributed by atoms with Gasteiger partial charge in [-0.15, -0.1) is 0 Å². The summed E-state index contributed by atoms with van der Waals surface area (Å²) in [5.41, 5.74) is -1.51. The van der Waals surface area contributed by atoms with Crippen LogP contribution in [0, 0.1) is 0 Å². The van der Waals surface area contributed by atoms with Crippen molar-refractivity contribution in [1.82, 2.24) is 9.13 Å². The maximum atomic E-state index is 12.0. The molecule has 1 rings (SSSR count). The highest BCUT2D eigenvalue weighted by Gasteiger charge is 2.09. The second kappa shape index (κ2) is 7.87. The fourth-order valence-corrected chi connectivity index (χ4v) is 1.17. The van der Waals surface area contributed by atoms with E-state index in [0.29, 0.717) is 9.13 Å². The summed E-state index contributed by atoms with van der Waals surface area (Å²) in [4.78, 5) is 66.4. The van der Waals surface area contributed by atoms with E-state index in [2.05, 4.69) is 20.0 Å². The zero-order valence-electron chi connectivity index (χ0n) is 10.3. The first-order chi connectivity index (χ1) is 10.2. The Morgan fingerprint density at radius 2 is 1.48 bits per heavy atom. The van der Waals surface area contributed by atoms with Gasteiger partial charge in [0.05, 0.1) is 0 Å². The van der Waals surface area contributed by atoms with Gasteiger partial charge in [0.2, 0.25) is 18.2 Å². The van der Waals surface area contributed by atoms with E-state index in [0.717, 1.165) is 6.08 Å². The van der Waals surface area contributed by atoms with Crippen LogP contribution in [0.2, 0.25) is 0 Å². The second-order valence-electron chi connectivity index (χ2n) is 3.12. The average Bonchev–Trinajstić information content (AvgIpc) is 2.47. The minimum atomic E-state index is -1.15. The van der Waals surface area contributed by atoms with Crippen molar-refractivity contribution < 1.29 is 18.8 Å². The van der Waals surface area contributed by atoms with Gasteiger partial charge < -0.3 is 4.42 Å². The average molecular weight is 294 g/mol. The van der Waals surface area contributed by atoms with Gasteiger partial charge in [0.1, 0.15) is 20.0 Å². The molecule has 1 heterocycles. The molecule has 0 aliphatic rings. The first-order valence-corrected chi connectivity index (χ1v) is 5.12. The van der Waals surface area contributed by atoms with Crippen LogP contribution in [0.4, 0.5) is 0 Å². The van der Waals surface area contributed by atoms with Gasteiger partial charge in [-0.3, -0.25) is 0 Å². The molecule has 0 atom stereocenters. The Bertz CT molecular complexity index is 841. The molecule has 1 aromatic heterocycles. The predicted molar refractivity (Wildman–Crippen MR) is 62.0 cm³/mol. The summed E-state index contributed by atoms with van der Waals surface area (Å²) < 4.78 is 5.83. The van der Waals surface area contributed by atoms with Crippen LogP contribution in [-0.4, -0.2) is 34.0 Å². The van der Waals surface area contributed by atoms with Gasteiger partial charge in [-0.1, -0.05) is 0 Å². The molecule has 0 saturated carbocycles. The molecule has 0 aromatic carbocycles. The Morgan fingerprint density at radius 1 is 0.905 bits per heavy atom. The molecular weight excluding hydrogens is 288 g/mol. The molecule has 12 nitrogen and oxygen atoms in total. The van der Waals surface area contributed by atoms with Gasteiger partial charge in [-0.05, 0) is 0 Å². The van der Waals surface area contributed by atoms with E-state index in [-0.39, 0.29) is 0 Å². The molecule has 108 valence electrons. The van der Waals surface area contributed by atoms with Gasteiger partial charge in [0.15, 0.2) is 0 Å². The van der Waals surface area contributed by atoms with Crippen molar-refractivity contribution in [2.45, 2.75) is 13.3 Å². The lowest BCUT2D eigenvalue weighted by atomic mass is 10.8. The lowest BCUT2D eigenvalue weighted by Crippen LogP contribution is -2.46. The van der Waals surface area contributed by atoms with Gasteiger partial charge in [-0.25, -0.2) is 38.1 Å². The summed E-state index contributed by atoms with van der Waals surface area (Å²) in [6, 6.07) is 0. The van der Waals surface area contributed by atoms with Gasteiger partial charge in [0.25, 0.3) is 0 Å². The number of hydrogen-bond donors (Lipinski definition) is 0. The SMILES string of the molecule is O=C=NC/N=c1/oc(=O)n(CN=C=O)c(=O)n1CN=C=O. The minimum absolute atomic E-state index is 0.451. The standard InChI is InChI=1S/C9H6N6O6/c16-4-10-1-13-7-14(2-11-5-17)8(19)15(3-12-6-18)9(20)21-7/h1-3H2/b13-7+. The third kappa shape index (κ3) is 4.01. The largest absolute Gasteiger partial charge is 0.427 e. The van der Waals surface area contributed by atoms with Crippen LogP contribution >= 0.6 is 0 Å². The van der Waals surface area contributed by atoms with Crippen molar-refractivity contribution in [3.8, 4) is 0 Å². The molecule has 0 amide bonds. The fourth-order valence-electron chi connectivity index (χ4n) is 1.17. The normalized spacial score (nSPS) is 10.2. The zero-order chi connectivity index (χ0) is 15.7. The van der Waals surface area contributed by atoms with Crippen LogP contribution < -0.4 is 17.1 Å². The van der Waals surface area contributed by atoms with Crippen molar-refractivity contribution in [3.05, 3.63) is 26.7 Å². The molecule has 1 aromatic rings. The smallest absolute Gasteiger partial charge is 0.375 e. The van der Waals surface area contributed by atoms with Crippen LogP contribution in [0.1, 0.15) is 0 Å². The number of aromatic nitrogens is 2. The quantitative estimate of drug-likeness (QED) is 0.412. The molecule has 0 aliphatic heterocycles. The lowest BCUT2D eigenvalue weighted by molar-refractivity contribution is 0.312. The van der Waals surface area contributed by atoms with Crippen LogP contribution in [0.15, 0.2) is 34.0 Å². The van der Waals surface area contributed by atoms with Crippen LogP contribution in [0.5, 0.6) is 0 Å². The molecule has 0 bridgehead atoms. The van der Waals surface area contributed by atoms with E-state index >= 15 is 0 Å². The number of carbonyl (C=O) groups excluding carboxylic acids is 3. The Hall–Kier alpha value is -3.45. The molecule has 0 unspecified atom stereocenters. The maximum Gasteiger partial charge on any atom is 0.427 e. The molecule has 21 heavy (non-hydrogen) atoms. The van der Waals surface area contributed by atoms with Crippen LogP contribution in [0.25, 0.3) is 0 Å². The van der Waals surface area contributed by atoms with E-state index in [1.165, 1.54) is 12.2 Å². The molecular formula is C9H6N6O6. The molecule has 12 heteroatoms. The maximum absolute atomic E-state index is 12.0. The Balaban J connectivity index is 3.58. The summed E-state index contributed by atoms with van der Waals surface area (Å²) in [7, 11) is 0. The van der Waals surface area contributed by atoms with E-state index < -0.39 is 37.1 Å². The van der Waals surface area contributed by atoms with E-state index in [4.69, 9.17) is 4.42 Å². The van der Waals surface area contributed by atoms with E-state index in [9.17, 15) is 24.0 Å². The number of isocyanates is 3. The minimum Gasteiger partial charge on any atom is -0.375 e. The van der Waals surface area contributed by atoms with Crippen molar-refractivity contribution in [2.75, 3.05) is 6.67 Å². The monoisotopic (exact) mass is 294 g/mol. The van der Waals surface area contributed by atoms with Crippen LogP contribution in [0.3, 0.4) is 0 Å². The summed E-state index contributed by atoms with van der Waals surface area (Å²) >= 11 is 0. The third-order valence-electron chi connectivity index (χ3n) is 1.99. The first-order valence-electron chi connectivity index (χ1n) is 5.12. The molecule has 0 spiro atoms. The Labute approximate surface area is 114 Å². The number of aliphatic imine (C=N–C) groups is 3. The highest BCUT2D eigenvalue weighted by atomic mass is 16.4. The zero-order valence-corrected chi connectivity index (χ0v) is 10.3. The number of nitrogens with zero attached hydrogens (tertiary/aromatic N) is 6. The van der Waals surface area contributed by atoms with E-state index in [1.54, 1.807) is 0 Å². The number of rotatable bonds is 6. The fraction of sp³-hybridized carbons (Fsp3) is 0.333. The molecule has 0 aliphatic carbocycles. The van der Waals surface area contributed by atoms with Crippen molar-refractivity contribution in [3.63, 3.8) is 0 Å². The summed E-state index contributed by atoms with van der Waals surface area (Å²) in [6.45, 7) is -1.62.